The minimum absolute atomic E-state index is 0.0524. The summed E-state index contributed by atoms with van der Waals surface area (Å²) in [7, 11) is -2.02. The van der Waals surface area contributed by atoms with Crippen molar-refractivity contribution in [3.05, 3.63) is 81.9 Å². The third-order valence-corrected chi connectivity index (χ3v) is 9.10. The second-order valence-electron chi connectivity index (χ2n) is 5.94. The Morgan fingerprint density at radius 2 is 1.77 bits per heavy atom. The van der Waals surface area contributed by atoms with Gasteiger partial charge in [0.05, 0.1) is 0 Å². The molecule has 1 heterocycles. The fourth-order valence-electron chi connectivity index (χ4n) is 2.36. The molecule has 0 aliphatic heterocycles. The number of hydrogen-bond donors (Lipinski definition) is 1. The predicted octanol–water partition coefficient (Wildman–Crippen LogP) is 2.57. The molecule has 1 N–H and O–H groups in total. The predicted molar refractivity (Wildman–Crippen MR) is 106 cm³/mol. The summed E-state index contributed by atoms with van der Waals surface area (Å²) >= 11 is -3.26. The number of imidazole rings is 1. The zero-order valence-electron chi connectivity index (χ0n) is 14.4. The molecule has 0 radical (unpaired) electrons. The molecule has 0 fully saturated rings. The summed E-state index contributed by atoms with van der Waals surface area (Å²) in [5.41, 5.74) is 2.01. The second-order valence-corrected chi connectivity index (χ2v) is 11.1. The topological polar surface area (TPSA) is 72.4 Å². The molecule has 2 aromatic carbocycles. The van der Waals surface area contributed by atoms with Gasteiger partial charge in [0, 0.05) is 0 Å². The Kier molecular flexibility index (Phi) is 5.76. The maximum absolute atomic E-state index is 12.3. The van der Waals surface area contributed by atoms with E-state index in [0.717, 1.165) is 11.1 Å². The van der Waals surface area contributed by atoms with Crippen molar-refractivity contribution in [2.45, 2.75) is 18.4 Å². The van der Waals surface area contributed by atoms with Gasteiger partial charge in [-0.2, -0.15) is 0 Å². The van der Waals surface area contributed by atoms with Crippen LogP contribution in [0, 0.1) is 10.5 Å². The molecule has 0 aliphatic rings. The third kappa shape index (κ3) is 4.70. The van der Waals surface area contributed by atoms with Gasteiger partial charge in [-0.25, -0.2) is 0 Å². The molecular weight excluding hydrogens is 467 g/mol. The first-order valence-electron chi connectivity index (χ1n) is 7.84. The molecule has 0 atom stereocenters. The molecule has 0 amide bonds. The Hall–Kier alpha value is -1.75. The van der Waals surface area contributed by atoms with E-state index in [-0.39, 0.29) is 4.90 Å². The van der Waals surface area contributed by atoms with Gasteiger partial charge in [-0.1, -0.05) is 0 Å². The van der Waals surface area contributed by atoms with Crippen LogP contribution in [0.15, 0.2) is 72.1 Å². The van der Waals surface area contributed by atoms with Crippen LogP contribution in [0.2, 0.25) is 0 Å². The third-order valence-electron chi connectivity index (χ3n) is 3.74. The fraction of sp³-hybridized carbons (Fsp3) is 0.167. The van der Waals surface area contributed by atoms with Crippen LogP contribution in [-0.4, -0.2) is 16.4 Å². The molecule has 0 saturated carbocycles. The molecule has 3 rings (SSSR count). The van der Waals surface area contributed by atoms with Crippen molar-refractivity contribution < 1.29 is 18.9 Å². The Morgan fingerprint density at radius 1 is 1.12 bits per heavy atom. The van der Waals surface area contributed by atoms with Crippen LogP contribution in [0.5, 0.6) is 0 Å². The summed E-state index contributed by atoms with van der Waals surface area (Å²) in [4.78, 5) is 0.0524. The number of aryl methyl sites for hydroxylation is 2. The average molecular weight is 487 g/mol. The zero-order chi connectivity index (χ0) is 18.7. The second kappa shape index (κ2) is 7.87. The summed E-state index contributed by atoms with van der Waals surface area (Å²) in [6, 6.07) is 13.6. The molecule has 0 bridgehead atoms. The summed E-state index contributed by atoms with van der Waals surface area (Å²) in [5, 5.41) is 0. The van der Waals surface area contributed by atoms with E-state index in [9.17, 15) is 11.9 Å². The number of aromatic nitrogens is 2. The fourth-order valence-corrected chi connectivity index (χ4v) is 6.70. The average Bonchev–Trinajstić information content (AvgIpc) is 3.00. The molecule has 6 nitrogen and oxygen atoms in total. The van der Waals surface area contributed by atoms with Crippen LogP contribution in [0.1, 0.15) is 11.1 Å². The van der Waals surface area contributed by atoms with E-state index < -0.39 is 30.8 Å². The molecule has 26 heavy (non-hydrogen) atoms. The zero-order valence-corrected chi connectivity index (χ0v) is 17.4. The Labute approximate surface area is 161 Å². The standard InChI is InChI=1S/C18H20IN2O4S/c1-15-3-9-18(10-4-15)26(23,24)25-19(22)17-7-5-16(6-8-17)13-21-12-11-20(2)14-21/h3-12,14,22H,13H2,1-2H3/q+1. The van der Waals surface area contributed by atoms with Crippen molar-refractivity contribution in [1.82, 2.24) is 4.57 Å². The van der Waals surface area contributed by atoms with Crippen LogP contribution in [0.4, 0.5) is 0 Å². The Bertz CT molecular complexity index is 983. The first kappa shape index (κ1) is 19.0. The van der Waals surface area contributed by atoms with Crippen molar-refractivity contribution in [3.8, 4) is 0 Å². The van der Waals surface area contributed by atoms with Gasteiger partial charge in [0.15, 0.2) is 0 Å². The van der Waals surface area contributed by atoms with Crippen LogP contribution in [-0.2, 0) is 26.2 Å². The van der Waals surface area contributed by atoms with Gasteiger partial charge in [-0.15, -0.1) is 0 Å². The summed E-state index contributed by atoms with van der Waals surface area (Å²) in [6.45, 7) is 2.57. The first-order valence-corrected chi connectivity index (χ1v) is 12.2. The van der Waals surface area contributed by atoms with E-state index >= 15 is 0 Å². The van der Waals surface area contributed by atoms with Crippen LogP contribution < -0.4 is 4.57 Å². The van der Waals surface area contributed by atoms with Gasteiger partial charge < -0.3 is 0 Å². The van der Waals surface area contributed by atoms with Gasteiger partial charge in [-0.3, -0.25) is 0 Å². The Morgan fingerprint density at radius 3 is 2.35 bits per heavy atom. The molecule has 3 aromatic rings. The van der Waals surface area contributed by atoms with Gasteiger partial charge in [0.1, 0.15) is 0 Å². The van der Waals surface area contributed by atoms with E-state index in [1.807, 2.05) is 54.0 Å². The Balaban J connectivity index is 1.69. The minimum atomic E-state index is -3.97. The normalized spacial score (nSPS) is 12.2. The number of benzene rings is 2. The van der Waals surface area contributed by atoms with Crippen molar-refractivity contribution in [1.29, 1.82) is 0 Å². The summed E-state index contributed by atoms with van der Waals surface area (Å²) in [6.07, 6.45) is 5.89. The van der Waals surface area contributed by atoms with E-state index in [4.69, 9.17) is 2.51 Å². The first-order chi connectivity index (χ1) is 12.3. The molecule has 0 spiro atoms. The van der Waals surface area contributed by atoms with Gasteiger partial charge >= 0.3 is 162 Å². The summed E-state index contributed by atoms with van der Waals surface area (Å²) in [5.74, 6) is 0. The van der Waals surface area contributed by atoms with E-state index in [0.29, 0.717) is 10.1 Å². The van der Waals surface area contributed by atoms with E-state index in [1.54, 1.807) is 24.3 Å². The molecule has 0 unspecified atom stereocenters. The SMILES string of the molecule is Cc1ccc(S(=O)(=O)OI(O)c2ccc(Cn3cc[n+](C)c3)cc2)cc1. The monoisotopic (exact) mass is 487 g/mol. The maximum atomic E-state index is 12.3. The number of hydrogen-bond acceptors (Lipinski definition) is 4. The molecule has 8 heteroatoms. The van der Waals surface area contributed by atoms with Gasteiger partial charge in [0.2, 0.25) is 0 Å². The van der Waals surface area contributed by atoms with Crippen LogP contribution in [0.25, 0.3) is 0 Å². The van der Waals surface area contributed by atoms with Crippen molar-refractivity contribution in [2.24, 2.45) is 7.05 Å². The number of rotatable bonds is 6. The van der Waals surface area contributed by atoms with Crippen molar-refractivity contribution in [2.75, 3.05) is 0 Å². The van der Waals surface area contributed by atoms with E-state index in [1.165, 1.54) is 12.1 Å². The van der Waals surface area contributed by atoms with E-state index in [2.05, 4.69) is 0 Å². The van der Waals surface area contributed by atoms with Gasteiger partial charge in [0.25, 0.3) is 0 Å². The molecular formula is C18H20IN2O4S+. The van der Waals surface area contributed by atoms with Crippen LogP contribution in [0.3, 0.4) is 0 Å². The quantitative estimate of drug-likeness (QED) is 0.429. The van der Waals surface area contributed by atoms with Crippen molar-refractivity contribution >= 4 is 30.8 Å². The summed E-state index contributed by atoms with van der Waals surface area (Å²) < 4.78 is 44.5. The molecule has 0 aliphatic carbocycles. The van der Waals surface area contributed by atoms with Gasteiger partial charge in [-0.05, 0) is 0 Å². The number of halogens is 1. The van der Waals surface area contributed by atoms with Crippen LogP contribution >= 0.6 is 20.6 Å². The molecule has 1 aromatic heterocycles. The molecule has 0 saturated heterocycles. The molecule has 138 valence electrons. The van der Waals surface area contributed by atoms with Crippen molar-refractivity contribution in [3.63, 3.8) is 0 Å². The number of nitrogens with zero attached hydrogens (tertiary/aromatic N) is 2.